The van der Waals surface area contributed by atoms with Gasteiger partial charge in [0.05, 0.1) is 23.3 Å². The number of nitrogens with zero attached hydrogens (tertiary/aromatic N) is 4. The van der Waals surface area contributed by atoms with Crippen molar-refractivity contribution in [1.29, 1.82) is 0 Å². The average molecular weight is 626 g/mol. The Balaban J connectivity index is 0.915. The van der Waals surface area contributed by atoms with Crippen molar-refractivity contribution in [2.45, 2.75) is 95.7 Å². The van der Waals surface area contributed by atoms with E-state index < -0.39 is 36.1 Å². The molecule has 242 valence electrons. The van der Waals surface area contributed by atoms with Gasteiger partial charge in [-0.15, -0.1) is 0 Å². The predicted octanol–water partition coefficient (Wildman–Crippen LogP) is 4.38. The number of amides is 4. The van der Waals surface area contributed by atoms with E-state index in [0.717, 1.165) is 68.6 Å². The lowest BCUT2D eigenvalue weighted by Gasteiger charge is -2.36. The number of rotatable bonds is 10. The molecule has 6 rings (SSSR count). The standard InChI is InChI=1S/C33H41F2N5O5/c1-20-18-39(37-29(20)30(34)35)23-9-7-21(8-10-23)19-38-15-13-24(14-16-38)45-17-3-5-22-4-2-6-25-28(22)33(44)40(32(25)43)26-11-12-27(41)36-31(26)42/h2,4,6,18,21,23-24,26,30H,3,5,7-17,19H2,1H3,(H,36,41,42). The zero-order valence-electron chi connectivity index (χ0n) is 25.7. The van der Waals surface area contributed by atoms with E-state index in [9.17, 15) is 28.0 Å². The summed E-state index contributed by atoms with van der Waals surface area (Å²) in [4.78, 5) is 53.8. The second-order valence-electron chi connectivity index (χ2n) is 12.9. The van der Waals surface area contributed by atoms with Crippen molar-refractivity contribution in [3.05, 3.63) is 52.3 Å². The van der Waals surface area contributed by atoms with Crippen LogP contribution in [0.5, 0.6) is 0 Å². The number of aryl methyl sites for hydroxylation is 2. The maximum atomic E-state index is 13.3. The number of hydrogen-bond acceptors (Lipinski definition) is 7. The number of hydrogen-bond donors (Lipinski definition) is 1. The molecular formula is C33H41F2N5O5. The molecule has 2 saturated heterocycles. The third kappa shape index (κ3) is 6.72. The Hall–Kier alpha value is -3.51. The number of imide groups is 2. The molecule has 4 amide bonds. The van der Waals surface area contributed by atoms with Gasteiger partial charge in [-0.25, -0.2) is 8.78 Å². The average Bonchev–Trinajstić information content (AvgIpc) is 3.54. The van der Waals surface area contributed by atoms with Crippen LogP contribution in [-0.2, 0) is 20.7 Å². The van der Waals surface area contributed by atoms with Crippen molar-refractivity contribution < 1.29 is 32.7 Å². The molecule has 1 saturated carbocycles. The Morgan fingerprint density at radius 2 is 1.76 bits per heavy atom. The van der Waals surface area contributed by atoms with Gasteiger partial charge in [0.2, 0.25) is 11.8 Å². The number of benzene rings is 1. The summed E-state index contributed by atoms with van der Waals surface area (Å²) in [5.74, 6) is -1.35. The number of alkyl halides is 2. The molecule has 1 unspecified atom stereocenters. The maximum Gasteiger partial charge on any atom is 0.282 e. The summed E-state index contributed by atoms with van der Waals surface area (Å²) in [6.07, 6.45) is 6.95. The molecule has 0 radical (unpaired) electrons. The van der Waals surface area contributed by atoms with Crippen molar-refractivity contribution in [3.63, 3.8) is 0 Å². The van der Waals surface area contributed by atoms with Crippen LogP contribution in [0, 0.1) is 12.8 Å². The number of likely N-dealkylation sites (tertiary alicyclic amines) is 1. The van der Waals surface area contributed by atoms with E-state index in [0.29, 0.717) is 42.1 Å². The molecule has 0 spiro atoms. The number of fused-ring (bicyclic) bond motifs is 1. The lowest BCUT2D eigenvalue weighted by atomic mass is 9.85. The van der Waals surface area contributed by atoms with Gasteiger partial charge in [0, 0.05) is 38.9 Å². The molecular weight excluding hydrogens is 584 g/mol. The van der Waals surface area contributed by atoms with Gasteiger partial charge in [0.15, 0.2) is 0 Å². The lowest BCUT2D eigenvalue weighted by Crippen LogP contribution is -2.54. The summed E-state index contributed by atoms with van der Waals surface area (Å²) >= 11 is 0. The van der Waals surface area contributed by atoms with Crippen LogP contribution in [0.25, 0.3) is 0 Å². The smallest absolute Gasteiger partial charge is 0.282 e. The molecule has 10 nitrogen and oxygen atoms in total. The second kappa shape index (κ2) is 13.5. The normalized spacial score (nSPS) is 24.9. The van der Waals surface area contributed by atoms with Gasteiger partial charge in [-0.1, -0.05) is 12.1 Å². The van der Waals surface area contributed by atoms with Crippen LogP contribution in [0.15, 0.2) is 24.4 Å². The summed E-state index contributed by atoms with van der Waals surface area (Å²) < 4.78 is 34.2. The highest BCUT2D eigenvalue weighted by atomic mass is 19.3. The summed E-state index contributed by atoms with van der Waals surface area (Å²) in [7, 11) is 0. The largest absolute Gasteiger partial charge is 0.378 e. The van der Waals surface area contributed by atoms with Crippen LogP contribution in [0.1, 0.15) is 108 Å². The Morgan fingerprint density at radius 3 is 2.44 bits per heavy atom. The van der Waals surface area contributed by atoms with Crippen molar-refractivity contribution in [1.82, 2.24) is 24.9 Å². The number of aromatic nitrogens is 2. The Labute approximate surface area is 261 Å². The molecule has 45 heavy (non-hydrogen) atoms. The van der Waals surface area contributed by atoms with Gasteiger partial charge in [0.1, 0.15) is 11.7 Å². The third-order valence-corrected chi connectivity index (χ3v) is 9.90. The minimum Gasteiger partial charge on any atom is -0.378 e. The number of carbonyl (C=O) groups is 4. The first kappa shape index (κ1) is 31.5. The highest BCUT2D eigenvalue weighted by Gasteiger charge is 2.45. The van der Waals surface area contributed by atoms with Gasteiger partial charge >= 0.3 is 0 Å². The zero-order chi connectivity index (χ0) is 31.7. The van der Waals surface area contributed by atoms with E-state index in [1.54, 1.807) is 29.9 Å². The van der Waals surface area contributed by atoms with Gasteiger partial charge in [-0.05, 0) is 87.8 Å². The summed E-state index contributed by atoms with van der Waals surface area (Å²) in [5.41, 5.74) is 1.89. The number of carbonyl (C=O) groups excluding carboxylic acids is 4. The molecule has 2 aromatic rings. The fraction of sp³-hybridized carbons (Fsp3) is 0.606. The summed E-state index contributed by atoms with van der Waals surface area (Å²) in [6, 6.07) is 4.46. The van der Waals surface area contributed by atoms with E-state index in [1.807, 2.05) is 6.07 Å². The first-order valence-corrected chi connectivity index (χ1v) is 16.2. The zero-order valence-corrected chi connectivity index (χ0v) is 25.7. The topological polar surface area (TPSA) is 114 Å². The van der Waals surface area contributed by atoms with Crippen LogP contribution < -0.4 is 5.32 Å². The SMILES string of the molecule is Cc1cn(C2CCC(CN3CCC(OCCCc4cccc5c4C(=O)N(C4CCC(=O)NC4=O)C5=O)CC3)CC2)nc1C(F)F. The maximum absolute atomic E-state index is 13.3. The fourth-order valence-corrected chi connectivity index (χ4v) is 7.42. The van der Waals surface area contributed by atoms with E-state index >= 15 is 0 Å². The first-order chi connectivity index (χ1) is 21.7. The first-order valence-electron chi connectivity index (χ1n) is 16.2. The van der Waals surface area contributed by atoms with Crippen LogP contribution >= 0.6 is 0 Å². The number of nitrogens with one attached hydrogen (secondary N) is 1. The quantitative estimate of drug-likeness (QED) is 0.308. The van der Waals surface area contributed by atoms with E-state index in [1.165, 1.54) is 0 Å². The monoisotopic (exact) mass is 625 g/mol. The summed E-state index contributed by atoms with van der Waals surface area (Å²) in [5, 5.41) is 6.40. The third-order valence-electron chi connectivity index (χ3n) is 9.90. The Morgan fingerprint density at radius 1 is 1.00 bits per heavy atom. The second-order valence-corrected chi connectivity index (χ2v) is 12.9. The van der Waals surface area contributed by atoms with Crippen molar-refractivity contribution in [3.8, 4) is 0 Å². The van der Waals surface area contributed by atoms with Gasteiger partial charge < -0.3 is 9.64 Å². The Bertz CT molecular complexity index is 1440. The van der Waals surface area contributed by atoms with Crippen LogP contribution in [0.2, 0.25) is 0 Å². The van der Waals surface area contributed by atoms with Crippen molar-refractivity contribution in [2.75, 3.05) is 26.2 Å². The molecule has 0 bridgehead atoms. The lowest BCUT2D eigenvalue weighted by molar-refractivity contribution is -0.136. The molecule has 3 aliphatic heterocycles. The minimum absolute atomic E-state index is 0.0917. The Kier molecular flexibility index (Phi) is 9.41. The minimum atomic E-state index is -2.53. The van der Waals surface area contributed by atoms with Crippen LogP contribution in [-0.4, -0.2) is 81.6 Å². The number of halogens is 2. The molecule has 1 N–H and O–H groups in total. The van der Waals surface area contributed by atoms with Gasteiger partial charge in [-0.3, -0.25) is 34.1 Å². The van der Waals surface area contributed by atoms with Crippen molar-refractivity contribution >= 4 is 23.6 Å². The predicted molar refractivity (Wildman–Crippen MR) is 160 cm³/mol. The molecule has 1 atom stereocenters. The fourth-order valence-electron chi connectivity index (χ4n) is 7.42. The molecule has 1 aromatic carbocycles. The molecule has 4 heterocycles. The van der Waals surface area contributed by atoms with E-state index in [4.69, 9.17) is 4.74 Å². The summed E-state index contributed by atoms with van der Waals surface area (Å²) in [6.45, 7) is 5.28. The molecule has 1 aromatic heterocycles. The molecule has 3 fully saturated rings. The molecule has 12 heteroatoms. The van der Waals surface area contributed by atoms with Crippen molar-refractivity contribution in [2.24, 2.45) is 5.92 Å². The van der Waals surface area contributed by atoms with Gasteiger partial charge in [-0.2, -0.15) is 5.10 Å². The van der Waals surface area contributed by atoms with Gasteiger partial charge in [0.25, 0.3) is 18.2 Å². The molecule has 1 aliphatic carbocycles. The highest BCUT2D eigenvalue weighted by molar-refractivity contribution is 6.24. The van der Waals surface area contributed by atoms with E-state index in [-0.39, 0.29) is 30.7 Å². The van der Waals surface area contributed by atoms with E-state index in [2.05, 4.69) is 15.3 Å². The molecule has 4 aliphatic rings. The number of ether oxygens (including phenoxy) is 1. The highest BCUT2D eigenvalue weighted by Crippen LogP contribution is 2.34. The van der Waals surface area contributed by atoms with Crippen LogP contribution in [0.3, 0.4) is 0 Å². The number of piperidine rings is 2. The van der Waals surface area contributed by atoms with Crippen LogP contribution in [0.4, 0.5) is 8.78 Å².